The van der Waals surface area contributed by atoms with E-state index in [1.165, 1.54) is 38.2 Å². The lowest BCUT2D eigenvalue weighted by atomic mass is 9.81. The van der Waals surface area contributed by atoms with Crippen LogP contribution in [0.4, 0.5) is 0 Å². The summed E-state index contributed by atoms with van der Waals surface area (Å²) in [5.41, 5.74) is -0.971. The van der Waals surface area contributed by atoms with Crippen molar-refractivity contribution in [1.82, 2.24) is 5.32 Å². The van der Waals surface area contributed by atoms with Crippen molar-refractivity contribution >= 4 is 11.9 Å². The zero-order valence-electron chi connectivity index (χ0n) is 13.8. The van der Waals surface area contributed by atoms with Crippen molar-refractivity contribution in [2.75, 3.05) is 0 Å². The minimum absolute atomic E-state index is 0.308. The third-order valence-corrected chi connectivity index (χ3v) is 4.02. The highest BCUT2D eigenvalue weighted by molar-refractivity contribution is 5.88. The Balaban J connectivity index is 4.26. The fourth-order valence-electron chi connectivity index (χ4n) is 2.30. The van der Waals surface area contributed by atoms with Gasteiger partial charge in [-0.25, -0.2) is 0 Å². The SMILES string of the molecule is C=CC(=O)NC(CCCCCCCCC)C(C)(C)C(=O)O. The molecule has 0 saturated carbocycles. The summed E-state index contributed by atoms with van der Waals surface area (Å²) in [6.07, 6.45) is 10.1. The van der Waals surface area contributed by atoms with Gasteiger partial charge in [0, 0.05) is 6.04 Å². The number of rotatable bonds is 12. The average molecular weight is 297 g/mol. The van der Waals surface area contributed by atoms with E-state index in [4.69, 9.17) is 0 Å². The van der Waals surface area contributed by atoms with E-state index in [-0.39, 0.29) is 11.9 Å². The first-order valence-electron chi connectivity index (χ1n) is 8.02. The van der Waals surface area contributed by atoms with Gasteiger partial charge in [-0.15, -0.1) is 0 Å². The number of unbranched alkanes of at least 4 members (excludes halogenated alkanes) is 6. The van der Waals surface area contributed by atoms with Crippen LogP contribution in [0.3, 0.4) is 0 Å². The molecule has 21 heavy (non-hydrogen) atoms. The monoisotopic (exact) mass is 297 g/mol. The first-order chi connectivity index (χ1) is 9.86. The Bertz CT molecular complexity index is 337. The average Bonchev–Trinajstić information content (AvgIpc) is 2.44. The molecule has 122 valence electrons. The van der Waals surface area contributed by atoms with Crippen molar-refractivity contribution in [2.24, 2.45) is 5.41 Å². The fraction of sp³-hybridized carbons (Fsp3) is 0.765. The third-order valence-electron chi connectivity index (χ3n) is 4.02. The highest BCUT2D eigenvalue weighted by atomic mass is 16.4. The lowest BCUT2D eigenvalue weighted by Gasteiger charge is -2.31. The summed E-state index contributed by atoms with van der Waals surface area (Å²) < 4.78 is 0. The van der Waals surface area contributed by atoms with Gasteiger partial charge in [-0.05, 0) is 26.3 Å². The van der Waals surface area contributed by atoms with Crippen molar-refractivity contribution in [3.05, 3.63) is 12.7 Å². The second-order valence-electron chi connectivity index (χ2n) is 6.20. The largest absolute Gasteiger partial charge is 0.481 e. The molecule has 0 bridgehead atoms. The minimum Gasteiger partial charge on any atom is -0.481 e. The van der Waals surface area contributed by atoms with Crippen LogP contribution in [0, 0.1) is 5.41 Å². The van der Waals surface area contributed by atoms with Crippen LogP contribution in [0.1, 0.15) is 72.1 Å². The molecular formula is C17H31NO3. The van der Waals surface area contributed by atoms with Gasteiger partial charge in [0.2, 0.25) is 5.91 Å². The smallest absolute Gasteiger partial charge is 0.311 e. The van der Waals surface area contributed by atoms with Crippen molar-refractivity contribution in [1.29, 1.82) is 0 Å². The molecule has 1 atom stereocenters. The van der Waals surface area contributed by atoms with E-state index >= 15 is 0 Å². The first-order valence-corrected chi connectivity index (χ1v) is 8.02. The second kappa shape index (κ2) is 10.4. The van der Waals surface area contributed by atoms with Crippen molar-refractivity contribution in [3.8, 4) is 0 Å². The van der Waals surface area contributed by atoms with E-state index in [0.717, 1.165) is 12.8 Å². The van der Waals surface area contributed by atoms with Crippen molar-refractivity contribution in [3.63, 3.8) is 0 Å². The van der Waals surface area contributed by atoms with E-state index in [1.54, 1.807) is 13.8 Å². The number of hydrogen-bond acceptors (Lipinski definition) is 2. The van der Waals surface area contributed by atoms with Gasteiger partial charge < -0.3 is 10.4 Å². The van der Waals surface area contributed by atoms with E-state index in [1.807, 2.05) is 0 Å². The van der Waals surface area contributed by atoms with Crippen LogP contribution in [-0.4, -0.2) is 23.0 Å². The molecule has 4 heteroatoms. The van der Waals surface area contributed by atoms with Gasteiger partial charge in [0.15, 0.2) is 0 Å². The Morgan fingerprint density at radius 2 is 1.67 bits per heavy atom. The molecule has 0 aliphatic rings. The molecule has 1 unspecified atom stereocenters. The lowest BCUT2D eigenvalue weighted by Crippen LogP contribution is -2.48. The van der Waals surface area contributed by atoms with E-state index in [9.17, 15) is 14.7 Å². The number of carboxylic acid groups (broad SMARTS) is 1. The molecule has 2 N–H and O–H groups in total. The van der Waals surface area contributed by atoms with Crippen LogP contribution in [0.25, 0.3) is 0 Å². The Labute approximate surface area is 129 Å². The van der Waals surface area contributed by atoms with Crippen LogP contribution in [0.5, 0.6) is 0 Å². The molecule has 0 radical (unpaired) electrons. The van der Waals surface area contributed by atoms with Crippen LogP contribution >= 0.6 is 0 Å². The maximum absolute atomic E-state index is 11.5. The topological polar surface area (TPSA) is 66.4 Å². The Kier molecular flexibility index (Phi) is 9.76. The number of hydrogen-bond donors (Lipinski definition) is 2. The molecule has 0 aromatic heterocycles. The van der Waals surface area contributed by atoms with Crippen LogP contribution in [0.15, 0.2) is 12.7 Å². The van der Waals surface area contributed by atoms with Crippen molar-refractivity contribution < 1.29 is 14.7 Å². The first kappa shape index (κ1) is 19.7. The second-order valence-corrected chi connectivity index (χ2v) is 6.20. The molecule has 0 aromatic rings. The molecule has 0 rings (SSSR count). The number of carboxylic acids is 1. The van der Waals surface area contributed by atoms with Gasteiger partial charge in [-0.2, -0.15) is 0 Å². The van der Waals surface area contributed by atoms with Gasteiger partial charge in [0.25, 0.3) is 0 Å². The molecule has 4 nitrogen and oxygen atoms in total. The van der Waals surface area contributed by atoms with Gasteiger partial charge in [0.1, 0.15) is 0 Å². The molecule has 0 aromatic carbocycles. The summed E-state index contributed by atoms with van der Waals surface area (Å²) in [4.78, 5) is 22.8. The molecule has 0 saturated heterocycles. The number of amides is 1. The fourth-order valence-corrected chi connectivity index (χ4v) is 2.30. The summed E-state index contributed by atoms with van der Waals surface area (Å²) in [7, 11) is 0. The highest BCUT2D eigenvalue weighted by Crippen LogP contribution is 2.25. The zero-order valence-corrected chi connectivity index (χ0v) is 13.8. The van der Waals surface area contributed by atoms with E-state index < -0.39 is 11.4 Å². The Hall–Kier alpha value is -1.32. The molecule has 1 amide bonds. The van der Waals surface area contributed by atoms with E-state index in [2.05, 4.69) is 18.8 Å². The quantitative estimate of drug-likeness (QED) is 0.424. The maximum Gasteiger partial charge on any atom is 0.311 e. The van der Waals surface area contributed by atoms with Gasteiger partial charge in [0.05, 0.1) is 5.41 Å². The van der Waals surface area contributed by atoms with Gasteiger partial charge >= 0.3 is 5.97 Å². The Morgan fingerprint density at radius 1 is 1.14 bits per heavy atom. The molecular weight excluding hydrogens is 266 g/mol. The molecule has 0 aliphatic heterocycles. The van der Waals surface area contributed by atoms with Crippen LogP contribution < -0.4 is 5.32 Å². The zero-order chi connectivity index (χ0) is 16.3. The number of aliphatic carboxylic acids is 1. The molecule has 0 fully saturated rings. The summed E-state index contributed by atoms with van der Waals surface area (Å²) in [6, 6.07) is -0.365. The number of carbonyl (C=O) groups is 2. The predicted octanol–water partition coefficient (Wildman–Crippen LogP) is 3.91. The Morgan fingerprint density at radius 3 is 2.14 bits per heavy atom. The van der Waals surface area contributed by atoms with Gasteiger partial charge in [-0.3, -0.25) is 9.59 Å². The van der Waals surface area contributed by atoms with Crippen molar-refractivity contribution in [2.45, 2.75) is 78.2 Å². The standard InChI is InChI=1S/C17H31NO3/c1-5-7-8-9-10-11-12-13-14(18-15(19)6-2)17(3,4)16(20)21/h6,14H,2,5,7-13H2,1,3-4H3,(H,18,19)(H,20,21). The lowest BCUT2D eigenvalue weighted by molar-refractivity contribution is -0.149. The number of nitrogens with one attached hydrogen (secondary N) is 1. The normalized spacial score (nSPS) is 12.7. The molecule has 0 heterocycles. The summed E-state index contributed by atoms with van der Waals surface area (Å²) >= 11 is 0. The summed E-state index contributed by atoms with van der Waals surface area (Å²) in [5, 5.41) is 12.1. The highest BCUT2D eigenvalue weighted by Gasteiger charge is 2.37. The number of carbonyl (C=O) groups excluding carboxylic acids is 1. The maximum atomic E-state index is 11.5. The van der Waals surface area contributed by atoms with Crippen LogP contribution in [0.2, 0.25) is 0 Å². The molecule has 0 spiro atoms. The molecule has 0 aliphatic carbocycles. The summed E-state index contributed by atoms with van der Waals surface area (Å²) in [6.45, 7) is 8.93. The van der Waals surface area contributed by atoms with Gasteiger partial charge in [-0.1, -0.05) is 58.4 Å². The van der Waals surface area contributed by atoms with Crippen LogP contribution in [-0.2, 0) is 9.59 Å². The third kappa shape index (κ3) is 7.88. The minimum atomic E-state index is -0.971. The summed E-state index contributed by atoms with van der Waals surface area (Å²) in [5.74, 6) is -1.20. The predicted molar refractivity (Wildman–Crippen MR) is 86.2 cm³/mol. The van der Waals surface area contributed by atoms with E-state index in [0.29, 0.717) is 6.42 Å².